The van der Waals surface area contributed by atoms with Crippen molar-refractivity contribution in [2.24, 2.45) is 5.92 Å². The molecule has 1 N–H and O–H groups in total. The van der Waals surface area contributed by atoms with Gasteiger partial charge in [0.2, 0.25) is 0 Å². The maximum Gasteiger partial charge on any atom is 0.0132 e. The highest BCUT2D eigenvalue weighted by Gasteiger charge is 2.03. The highest BCUT2D eigenvalue weighted by molar-refractivity contribution is 4.71. The molecule has 0 aromatic rings. The van der Waals surface area contributed by atoms with Crippen LogP contribution in [0.15, 0.2) is 12.7 Å². The third-order valence-electron chi connectivity index (χ3n) is 2.26. The van der Waals surface area contributed by atoms with Crippen molar-refractivity contribution >= 4 is 0 Å². The van der Waals surface area contributed by atoms with Crippen LogP contribution in [0.4, 0.5) is 0 Å². The Hall–Kier alpha value is -0.300. The molecule has 0 fully saturated rings. The van der Waals surface area contributed by atoms with Gasteiger partial charge in [0.25, 0.3) is 0 Å². The van der Waals surface area contributed by atoms with Gasteiger partial charge in [-0.05, 0) is 18.9 Å². The van der Waals surface area contributed by atoms with E-state index in [9.17, 15) is 0 Å². The van der Waals surface area contributed by atoms with E-state index in [0.717, 1.165) is 19.0 Å². The van der Waals surface area contributed by atoms with Crippen molar-refractivity contribution < 1.29 is 0 Å². The molecule has 1 nitrogen and oxygen atoms in total. The van der Waals surface area contributed by atoms with E-state index in [2.05, 4.69) is 25.7 Å². The van der Waals surface area contributed by atoms with Crippen molar-refractivity contribution in [3.05, 3.63) is 12.7 Å². The lowest BCUT2D eigenvalue weighted by Gasteiger charge is -2.14. The molecular formula is C11H23N. The van der Waals surface area contributed by atoms with Crippen molar-refractivity contribution in [2.75, 3.05) is 13.1 Å². The van der Waals surface area contributed by atoms with E-state index in [1.54, 1.807) is 0 Å². The lowest BCUT2D eigenvalue weighted by molar-refractivity contribution is 0.428. The van der Waals surface area contributed by atoms with E-state index in [-0.39, 0.29) is 0 Å². The maximum absolute atomic E-state index is 3.68. The fraction of sp³-hybridized carbons (Fsp3) is 0.818. The molecular weight excluding hydrogens is 146 g/mol. The maximum atomic E-state index is 3.68. The molecule has 0 aliphatic heterocycles. The molecule has 72 valence electrons. The molecule has 0 aliphatic rings. The SMILES string of the molecule is C=CCNCC(CC)CCCC. The summed E-state index contributed by atoms with van der Waals surface area (Å²) in [5.41, 5.74) is 0. The third kappa shape index (κ3) is 6.41. The monoisotopic (exact) mass is 169 g/mol. The molecule has 1 unspecified atom stereocenters. The lowest BCUT2D eigenvalue weighted by atomic mass is 9.99. The summed E-state index contributed by atoms with van der Waals surface area (Å²) in [7, 11) is 0. The van der Waals surface area contributed by atoms with Crippen LogP contribution in [0.5, 0.6) is 0 Å². The minimum Gasteiger partial charge on any atom is -0.313 e. The second-order valence-electron chi connectivity index (χ2n) is 3.36. The van der Waals surface area contributed by atoms with Crippen molar-refractivity contribution in [1.29, 1.82) is 0 Å². The number of unbranched alkanes of at least 4 members (excludes halogenated alkanes) is 1. The second-order valence-corrected chi connectivity index (χ2v) is 3.36. The van der Waals surface area contributed by atoms with E-state index < -0.39 is 0 Å². The molecule has 0 aliphatic carbocycles. The summed E-state index contributed by atoms with van der Waals surface area (Å²) < 4.78 is 0. The topological polar surface area (TPSA) is 12.0 Å². The lowest BCUT2D eigenvalue weighted by Crippen LogP contribution is -2.22. The molecule has 0 amide bonds. The number of hydrogen-bond donors (Lipinski definition) is 1. The summed E-state index contributed by atoms with van der Waals surface area (Å²) in [5.74, 6) is 0.866. The predicted molar refractivity (Wildman–Crippen MR) is 56.4 cm³/mol. The van der Waals surface area contributed by atoms with Crippen LogP contribution >= 0.6 is 0 Å². The van der Waals surface area contributed by atoms with Gasteiger partial charge in [-0.2, -0.15) is 0 Å². The van der Waals surface area contributed by atoms with Crippen LogP contribution in [0.2, 0.25) is 0 Å². The number of nitrogens with one attached hydrogen (secondary N) is 1. The van der Waals surface area contributed by atoms with Gasteiger partial charge in [-0.25, -0.2) is 0 Å². The largest absolute Gasteiger partial charge is 0.313 e. The first-order chi connectivity index (χ1) is 5.85. The molecule has 0 saturated carbocycles. The summed E-state index contributed by atoms with van der Waals surface area (Å²) in [6.07, 6.45) is 7.28. The Bertz CT molecular complexity index is 99.2. The Morgan fingerprint density at radius 2 is 2.17 bits per heavy atom. The van der Waals surface area contributed by atoms with Crippen LogP contribution in [0.1, 0.15) is 39.5 Å². The first-order valence-corrected chi connectivity index (χ1v) is 5.16. The summed E-state index contributed by atoms with van der Waals surface area (Å²) in [5, 5.41) is 3.38. The Morgan fingerprint density at radius 3 is 2.67 bits per heavy atom. The summed E-state index contributed by atoms with van der Waals surface area (Å²) in [6.45, 7) is 10.3. The minimum atomic E-state index is 0.866. The van der Waals surface area contributed by atoms with Crippen LogP contribution < -0.4 is 5.32 Å². The van der Waals surface area contributed by atoms with Crippen molar-refractivity contribution in [3.63, 3.8) is 0 Å². The standard InChI is InChI=1S/C11H23N/c1-4-7-8-11(6-3)10-12-9-5-2/h5,11-12H,2,4,6-10H2,1,3H3. The zero-order valence-electron chi connectivity index (χ0n) is 8.60. The molecule has 0 saturated heterocycles. The molecule has 12 heavy (non-hydrogen) atoms. The van der Waals surface area contributed by atoms with Crippen LogP contribution in [-0.4, -0.2) is 13.1 Å². The van der Waals surface area contributed by atoms with Crippen LogP contribution in [0.25, 0.3) is 0 Å². The van der Waals surface area contributed by atoms with Gasteiger partial charge in [0.15, 0.2) is 0 Å². The molecule has 1 atom stereocenters. The van der Waals surface area contributed by atoms with Gasteiger partial charge in [0.1, 0.15) is 0 Å². The first-order valence-electron chi connectivity index (χ1n) is 5.16. The second kappa shape index (κ2) is 8.79. The smallest absolute Gasteiger partial charge is 0.0132 e. The van der Waals surface area contributed by atoms with Crippen molar-refractivity contribution in [1.82, 2.24) is 5.32 Å². The molecule has 0 bridgehead atoms. The van der Waals surface area contributed by atoms with Gasteiger partial charge in [-0.15, -0.1) is 6.58 Å². The molecule has 0 radical (unpaired) electrons. The van der Waals surface area contributed by atoms with Gasteiger partial charge >= 0.3 is 0 Å². The molecule has 0 spiro atoms. The molecule has 0 aromatic carbocycles. The fourth-order valence-electron chi connectivity index (χ4n) is 1.33. The Morgan fingerprint density at radius 1 is 1.42 bits per heavy atom. The van der Waals surface area contributed by atoms with E-state index in [4.69, 9.17) is 0 Å². The summed E-state index contributed by atoms with van der Waals surface area (Å²) >= 11 is 0. The quantitative estimate of drug-likeness (QED) is 0.435. The molecule has 1 heteroatoms. The van der Waals surface area contributed by atoms with Gasteiger partial charge in [0.05, 0.1) is 0 Å². The average molecular weight is 169 g/mol. The predicted octanol–water partition coefficient (Wildman–Crippen LogP) is 2.98. The minimum absolute atomic E-state index is 0.866. The van der Waals surface area contributed by atoms with Crippen LogP contribution in [0, 0.1) is 5.92 Å². The Balaban J connectivity index is 3.32. The molecule has 0 aromatic heterocycles. The highest BCUT2D eigenvalue weighted by atomic mass is 14.8. The molecule has 0 rings (SSSR count). The van der Waals surface area contributed by atoms with E-state index in [1.165, 1.54) is 25.7 Å². The van der Waals surface area contributed by atoms with Crippen LogP contribution in [-0.2, 0) is 0 Å². The van der Waals surface area contributed by atoms with Gasteiger partial charge in [-0.1, -0.05) is 39.2 Å². The van der Waals surface area contributed by atoms with E-state index in [0.29, 0.717) is 0 Å². The van der Waals surface area contributed by atoms with E-state index in [1.807, 2.05) is 6.08 Å². The van der Waals surface area contributed by atoms with Gasteiger partial charge < -0.3 is 5.32 Å². The fourth-order valence-corrected chi connectivity index (χ4v) is 1.33. The van der Waals surface area contributed by atoms with Crippen molar-refractivity contribution in [3.8, 4) is 0 Å². The highest BCUT2D eigenvalue weighted by Crippen LogP contribution is 2.10. The van der Waals surface area contributed by atoms with Gasteiger partial charge in [-0.3, -0.25) is 0 Å². The first kappa shape index (κ1) is 11.7. The Labute approximate surface area is 77.2 Å². The number of rotatable bonds is 8. The average Bonchev–Trinajstić information content (AvgIpc) is 2.11. The van der Waals surface area contributed by atoms with Gasteiger partial charge in [0, 0.05) is 6.54 Å². The van der Waals surface area contributed by atoms with Crippen molar-refractivity contribution in [2.45, 2.75) is 39.5 Å². The normalized spacial score (nSPS) is 12.8. The zero-order valence-corrected chi connectivity index (χ0v) is 8.60. The number of hydrogen-bond acceptors (Lipinski definition) is 1. The third-order valence-corrected chi connectivity index (χ3v) is 2.26. The van der Waals surface area contributed by atoms with E-state index >= 15 is 0 Å². The van der Waals surface area contributed by atoms with Crippen LogP contribution in [0.3, 0.4) is 0 Å². The molecule has 0 heterocycles. The zero-order chi connectivity index (χ0) is 9.23. The summed E-state index contributed by atoms with van der Waals surface area (Å²) in [4.78, 5) is 0. The Kier molecular flexibility index (Phi) is 8.57. The summed E-state index contributed by atoms with van der Waals surface area (Å²) in [6, 6.07) is 0.